The summed E-state index contributed by atoms with van der Waals surface area (Å²) in [5, 5.41) is 2.87. The number of anilines is 1. The van der Waals surface area contributed by atoms with E-state index in [0.717, 1.165) is 22.6 Å². The standard InChI is InChI=1S/C24H22N2O2S/c27-23-17-29-22-12-11-20(15-21(22)25-23)24(28)26(16-19-9-5-2-6-10-19)14-13-18-7-3-1-4-8-18/h1-12,15H,13-14,16-17H2,(H,25,27). The highest BCUT2D eigenvalue weighted by Crippen LogP contribution is 2.32. The number of carbonyl (C=O) groups excluding carboxylic acids is 2. The summed E-state index contributed by atoms with van der Waals surface area (Å²) in [6.07, 6.45) is 0.789. The molecule has 0 spiro atoms. The van der Waals surface area contributed by atoms with Crippen LogP contribution in [0.1, 0.15) is 21.5 Å². The van der Waals surface area contributed by atoms with Gasteiger partial charge < -0.3 is 10.2 Å². The van der Waals surface area contributed by atoms with Gasteiger partial charge in [0.15, 0.2) is 0 Å². The van der Waals surface area contributed by atoms with E-state index in [-0.39, 0.29) is 11.8 Å². The second-order valence-corrected chi connectivity index (χ2v) is 8.01. The first-order valence-corrected chi connectivity index (χ1v) is 10.6. The van der Waals surface area contributed by atoms with Crippen LogP contribution in [0.4, 0.5) is 5.69 Å². The molecule has 0 saturated heterocycles. The molecule has 3 aromatic rings. The monoisotopic (exact) mass is 402 g/mol. The van der Waals surface area contributed by atoms with Gasteiger partial charge in [0.25, 0.3) is 5.91 Å². The van der Waals surface area contributed by atoms with Crippen molar-refractivity contribution in [2.75, 3.05) is 17.6 Å². The Kier molecular flexibility index (Phi) is 5.96. The van der Waals surface area contributed by atoms with Gasteiger partial charge in [0, 0.05) is 23.5 Å². The average Bonchev–Trinajstić information content (AvgIpc) is 2.77. The third-order valence-corrected chi connectivity index (χ3v) is 5.95. The Morgan fingerprint density at radius 2 is 1.62 bits per heavy atom. The van der Waals surface area contributed by atoms with Crippen LogP contribution in [-0.2, 0) is 17.8 Å². The highest BCUT2D eigenvalue weighted by Gasteiger charge is 2.20. The molecule has 1 aliphatic heterocycles. The van der Waals surface area contributed by atoms with E-state index in [1.54, 1.807) is 6.07 Å². The number of rotatable bonds is 6. The number of hydrogen-bond donors (Lipinski definition) is 1. The minimum atomic E-state index is -0.0303. The van der Waals surface area contributed by atoms with Gasteiger partial charge in [-0.05, 0) is 35.7 Å². The van der Waals surface area contributed by atoms with Crippen molar-refractivity contribution in [1.82, 2.24) is 4.90 Å². The highest BCUT2D eigenvalue weighted by molar-refractivity contribution is 8.00. The van der Waals surface area contributed by atoms with Crippen LogP contribution in [0.2, 0.25) is 0 Å². The Morgan fingerprint density at radius 1 is 0.931 bits per heavy atom. The summed E-state index contributed by atoms with van der Waals surface area (Å²) in [5.74, 6) is 0.354. The molecule has 4 nitrogen and oxygen atoms in total. The summed E-state index contributed by atoms with van der Waals surface area (Å²) in [6.45, 7) is 1.17. The average molecular weight is 403 g/mol. The molecule has 4 rings (SSSR count). The lowest BCUT2D eigenvalue weighted by molar-refractivity contribution is -0.113. The first-order chi connectivity index (χ1) is 14.2. The number of hydrogen-bond acceptors (Lipinski definition) is 3. The molecule has 1 heterocycles. The predicted molar refractivity (Wildman–Crippen MR) is 117 cm³/mol. The molecule has 5 heteroatoms. The van der Waals surface area contributed by atoms with E-state index in [2.05, 4.69) is 17.4 Å². The van der Waals surface area contributed by atoms with Crippen LogP contribution in [0.25, 0.3) is 0 Å². The Bertz CT molecular complexity index is 1010. The zero-order valence-corrected chi connectivity index (χ0v) is 16.8. The lowest BCUT2D eigenvalue weighted by Crippen LogP contribution is -2.32. The lowest BCUT2D eigenvalue weighted by atomic mass is 10.1. The van der Waals surface area contributed by atoms with E-state index in [4.69, 9.17) is 0 Å². The van der Waals surface area contributed by atoms with Gasteiger partial charge in [-0.15, -0.1) is 11.8 Å². The lowest BCUT2D eigenvalue weighted by Gasteiger charge is -2.24. The normalized spacial score (nSPS) is 12.8. The van der Waals surface area contributed by atoms with Crippen molar-refractivity contribution in [2.24, 2.45) is 0 Å². The van der Waals surface area contributed by atoms with Gasteiger partial charge in [0.1, 0.15) is 0 Å². The largest absolute Gasteiger partial charge is 0.334 e. The maximum absolute atomic E-state index is 13.3. The Morgan fingerprint density at radius 3 is 2.34 bits per heavy atom. The van der Waals surface area contributed by atoms with Gasteiger partial charge in [-0.1, -0.05) is 60.7 Å². The number of amides is 2. The molecule has 0 unspecified atom stereocenters. The number of thioether (sulfide) groups is 1. The van der Waals surface area contributed by atoms with Crippen LogP contribution in [0.5, 0.6) is 0 Å². The smallest absolute Gasteiger partial charge is 0.254 e. The molecular formula is C24H22N2O2S. The number of nitrogens with one attached hydrogen (secondary N) is 1. The molecule has 0 aromatic heterocycles. The summed E-state index contributed by atoms with van der Waals surface area (Å²) < 4.78 is 0. The molecule has 0 radical (unpaired) electrons. The fraction of sp³-hybridized carbons (Fsp3) is 0.167. The minimum absolute atomic E-state index is 0.0302. The highest BCUT2D eigenvalue weighted by atomic mass is 32.2. The van der Waals surface area contributed by atoms with Crippen LogP contribution >= 0.6 is 11.8 Å². The summed E-state index contributed by atoms with van der Waals surface area (Å²) in [7, 11) is 0. The maximum Gasteiger partial charge on any atom is 0.254 e. The molecule has 0 fully saturated rings. The maximum atomic E-state index is 13.3. The Hall–Kier alpha value is -3.05. The van der Waals surface area contributed by atoms with Gasteiger partial charge in [-0.2, -0.15) is 0 Å². The molecule has 2 amide bonds. The van der Waals surface area contributed by atoms with Crippen molar-refractivity contribution in [1.29, 1.82) is 0 Å². The van der Waals surface area contributed by atoms with Crippen LogP contribution in [0.3, 0.4) is 0 Å². The quantitative estimate of drug-likeness (QED) is 0.655. The third kappa shape index (κ3) is 4.87. The number of carbonyl (C=O) groups is 2. The first kappa shape index (κ1) is 19.3. The van der Waals surface area contributed by atoms with Crippen LogP contribution in [-0.4, -0.2) is 29.0 Å². The summed E-state index contributed by atoms with van der Waals surface area (Å²) in [4.78, 5) is 27.9. The fourth-order valence-corrected chi connectivity index (χ4v) is 4.15. The number of nitrogens with zero attached hydrogens (tertiary/aromatic N) is 1. The molecule has 146 valence electrons. The van der Waals surface area contributed by atoms with Gasteiger partial charge in [0.05, 0.1) is 11.4 Å². The topological polar surface area (TPSA) is 49.4 Å². The fourth-order valence-electron chi connectivity index (χ4n) is 3.36. The van der Waals surface area contributed by atoms with Crippen LogP contribution in [0, 0.1) is 0 Å². The third-order valence-electron chi connectivity index (χ3n) is 4.88. The Labute approximate surface area is 174 Å². The van der Waals surface area contributed by atoms with Crippen molar-refractivity contribution < 1.29 is 9.59 Å². The van der Waals surface area contributed by atoms with E-state index in [1.807, 2.05) is 65.6 Å². The molecule has 0 bridgehead atoms. The van der Waals surface area contributed by atoms with Crippen LogP contribution in [0.15, 0.2) is 83.8 Å². The van der Waals surface area contributed by atoms with Gasteiger partial charge >= 0.3 is 0 Å². The predicted octanol–water partition coefficient (Wildman–Crippen LogP) is 4.62. The van der Waals surface area contributed by atoms with Gasteiger partial charge in [-0.25, -0.2) is 0 Å². The van der Waals surface area contributed by atoms with Crippen molar-refractivity contribution in [2.45, 2.75) is 17.9 Å². The molecule has 3 aromatic carbocycles. The van der Waals surface area contributed by atoms with E-state index < -0.39 is 0 Å². The minimum Gasteiger partial charge on any atom is -0.334 e. The van der Waals surface area contributed by atoms with E-state index in [1.165, 1.54) is 17.3 Å². The molecule has 1 N–H and O–H groups in total. The van der Waals surface area contributed by atoms with Crippen molar-refractivity contribution in [3.8, 4) is 0 Å². The summed E-state index contributed by atoms with van der Waals surface area (Å²) >= 11 is 1.50. The second-order valence-electron chi connectivity index (χ2n) is 7.00. The van der Waals surface area contributed by atoms with Crippen LogP contribution < -0.4 is 5.32 Å². The number of benzene rings is 3. The number of fused-ring (bicyclic) bond motifs is 1. The van der Waals surface area contributed by atoms with E-state index in [0.29, 0.717) is 24.4 Å². The molecule has 29 heavy (non-hydrogen) atoms. The van der Waals surface area contributed by atoms with Crippen molar-refractivity contribution in [3.05, 3.63) is 95.6 Å². The van der Waals surface area contributed by atoms with Gasteiger partial charge in [-0.3, -0.25) is 9.59 Å². The van der Waals surface area contributed by atoms with Gasteiger partial charge in [0.2, 0.25) is 5.91 Å². The molecule has 1 aliphatic rings. The van der Waals surface area contributed by atoms with E-state index >= 15 is 0 Å². The molecular weight excluding hydrogens is 380 g/mol. The van der Waals surface area contributed by atoms with Crippen molar-refractivity contribution >= 4 is 29.3 Å². The molecule has 0 aliphatic carbocycles. The zero-order chi connectivity index (χ0) is 20.1. The Balaban J connectivity index is 1.56. The zero-order valence-electron chi connectivity index (χ0n) is 16.0. The SMILES string of the molecule is O=C1CSc2ccc(C(=O)N(CCc3ccccc3)Cc3ccccc3)cc2N1. The van der Waals surface area contributed by atoms with Crippen molar-refractivity contribution in [3.63, 3.8) is 0 Å². The first-order valence-electron chi connectivity index (χ1n) is 9.63. The second kappa shape index (κ2) is 8.97. The summed E-state index contributed by atoms with van der Waals surface area (Å²) in [6, 6.07) is 25.8. The van der Waals surface area contributed by atoms with E-state index in [9.17, 15) is 9.59 Å². The molecule has 0 saturated carbocycles. The molecule has 0 atom stereocenters. The summed E-state index contributed by atoms with van der Waals surface area (Å²) in [5.41, 5.74) is 3.61.